The highest BCUT2D eigenvalue weighted by molar-refractivity contribution is 9.09. The smallest absolute Gasteiger partial charge is 0.166 e. The number of carbonyl (C=O) groups is 1. The van der Waals surface area contributed by atoms with Crippen LogP contribution >= 0.6 is 15.9 Å². The molecule has 0 aliphatic carbocycles. The second kappa shape index (κ2) is 5.81. The van der Waals surface area contributed by atoms with Crippen molar-refractivity contribution in [1.82, 2.24) is 0 Å². The molecular formula is C11H13BrO2. The van der Waals surface area contributed by atoms with Crippen LogP contribution in [0.1, 0.15) is 23.2 Å². The minimum Gasteiger partial charge on any atom is -0.496 e. The van der Waals surface area contributed by atoms with E-state index >= 15 is 0 Å². The third-order valence-electron chi connectivity index (χ3n) is 1.94. The summed E-state index contributed by atoms with van der Waals surface area (Å²) in [4.78, 5) is 11.7. The largest absolute Gasteiger partial charge is 0.496 e. The van der Waals surface area contributed by atoms with Gasteiger partial charge in [-0.3, -0.25) is 4.79 Å². The van der Waals surface area contributed by atoms with Gasteiger partial charge in [-0.1, -0.05) is 28.1 Å². The van der Waals surface area contributed by atoms with Crippen LogP contribution < -0.4 is 4.74 Å². The Morgan fingerprint density at radius 3 is 2.79 bits per heavy atom. The minimum atomic E-state index is 0.141. The highest BCUT2D eigenvalue weighted by Crippen LogP contribution is 2.19. The van der Waals surface area contributed by atoms with E-state index < -0.39 is 0 Å². The lowest BCUT2D eigenvalue weighted by atomic mass is 10.1. The number of hydrogen-bond acceptors (Lipinski definition) is 2. The molecule has 0 heterocycles. The Balaban J connectivity index is 2.78. The summed E-state index contributed by atoms with van der Waals surface area (Å²) in [7, 11) is 1.58. The monoisotopic (exact) mass is 256 g/mol. The summed E-state index contributed by atoms with van der Waals surface area (Å²) < 4.78 is 5.11. The van der Waals surface area contributed by atoms with Crippen molar-refractivity contribution in [3.05, 3.63) is 29.8 Å². The van der Waals surface area contributed by atoms with E-state index in [1.165, 1.54) is 0 Å². The Labute approximate surface area is 92.4 Å². The van der Waals surface area contributed by atoms with E-state index in [0.717, 1.165) is 11.8 Å². The number of carbonyl (C=O) groups excluding carboxylic acids is 1. The Morgan fingerprint density at radius 2 is 2.14 bits per heavy atom. The average molecular weight is 257 g/mol. The molecule has 0 N–H and O–H groups in total. The van der Waals surface area contributed by atoms with Crippen molar-refractivity contribution in [2.24, 2.45) is 0 Å². The Hall–Kier alpha value is -0.830. The molecule has 3 heteroatoms. The molecule has 76 valence electrons. The van der Waals surface area contributed by atoms with E-state index in [1.54, 1.807) is 19.2 Å². The number of ketones is 1. The van der Waals surface area contributed by atoms with E-state index in [-0.39, 0.29) is 5.78 Å². The fraction of sp³-hybridized carbons (Fsp3) is 0.364. The lowest BCUT2D eigenvalue weighted by Gasteiger charge is -2.06. The molecule has 0 spiro atoms. The van der Waals surface area contributed by atoms with Gasteiger partial charge in [0.2, 0.25) is 0 Å². The molecule has 0 unspecified atom stereocenters. The maximum atomic E-state index is 11.7. The lowest BCUT2D eigenvalue weighted by Crippen LogP contribution is -2.01. The Morgan fingerprint density at radius 1 is 1.43 bits per heavy atom. The van der Waals surface area contributed by atoms with Crippen molar-refractivity contribution in [3.8, 4) is 5.75 Å². The van der Waals surface area contributed by atoms with E-state index in [2.05, 4.69) is 15.9 Å². The highest BCUT2D eigenvalue weighted by atomic mass is 79.9. The first kappa shape index (κ1) is 11.2. The van der Waals surface area contributed by atoms with Crippen LogP contribution in [-0.2, 0) is 0 Å². The predicted molar refractivity (Wildman–Crippen MR) is 60.4 cm³/mol. The van der Waals surface area contributed by atoms with Gasteiger partial charge < -0.3 is 4.74 Å². The van der Waals surface area contributed by atoms with Crippen molar-refractivity contribution in [3.63, 3.8) is 0 Å². The number of methoxy groups -OCH3 is 1. The number of Topliss-reactive ketones (excluding diaryl/α,β-unsaturated/α-hetero) is 1. The third-order valence-corrected chi connectivity index (χ3v) is 2.51. The van der Waals surface area contributed by atoms with E-state index in [0.29, 0.717) is 17.7 Å². The summed E-state index contributed by atoms with van der Waals surface area (Å²) in [6, 6.07) is 7.32. The van der Waals surface area contributed by atoms with Gasteiger partial charge in [0.05, 0.1) is 12.7 Å². The van der Waals surface area contributed by atoms with Crippen LogP contribution in [0.25, 0.3) is 0 Å². The zero-order valence-electron chi connectivity index (χ0n) is 8.13. The number of para-hydroxylation sites is 1. The molecular weight excluding hydrogens is 244 g/mol. The van der Waals surface area contributed by atoms with Crippen LogP contribution in [0.2, 0.25) is 0 Å². The molecule has 0 aliphatic heterocycles. The van der Waals surface area contributed by atoms with Crippen LogP contribution in [0.4, 0.5) is 0 Å². The topological polar surface area (TPSA) is 26.3 Å². The number of benzene rings is 1. The van der Waals surface area contributed by atoms with Crippen molar-refractivity contribution >= 4 is 21.7 Å². The van der Waals surface area contributed by atoms with Crippen molar-refractivity contribution < 1.29 is 9.53 Å². The zero-order valence-corrected chi connectivity index (χ0v) is 9.71. The minimum absolute atomic E-state index is 0.141. The van der Waals surface area contributed by atoms with Gasteiger partial charge in [0.15, 0.2) is 5.78 Å². The SMILES string of the molecule is COc1ccccc1C(=O)CCCBr. The van der Waals surface area contributed by atoms with Gasteiger partial charge in [-0.15, -0.1) is 0 Å². The standard InChI is InChI=1S/C11H13BrO2/c1-14-11-7-3-2-5-9(11)10(13)6-4-8-12/h2-3,5,7H,4,6,8H2,1H3. The molecule has 2 nitrogen and oxygen atoms in total. The predicted octanol–water partition coefficient (Wildman–Crippen LogP) is 3.05. The fourth-order valence-corrected chi connectivity index (χ4v) is 1.52. The highest BCUT2D eigenvalue weighted by Gasteiger charge is 2.10. The summed E-state index contributed by atoms with van der Waals surface area (Å²) in [6.07, 6.45) is 1.42. The second-order valence-corrected chi connectivity index (χ2v) is 3.71. The number of hydrogen-bond donors (Lipinski definition) is 0. The second-order valence-electron chi connectivity index (χ2n) is 2.92. The van der Waals surface area contributed by atoms with Gasteiger partial charge in [0.1, 0.15) is 5.75 Å². The zero-order chi connectivity index (χ0) is 10.4. The van der Waals surface area contributed by atoms with Crippen LogP contribution in [-0.4, -0.2) is 18.2 Å². The average Bonchev–Trinajstić information content (AvgIpc) is 2.25. The molecule has 0 atom stereocenters. The van der Waals surface area contributed by atoms with Crippen molar-refractivity contribution in [2.45, 2.75) is 12.8 Å². The molecule has 1 aromatic rings. The summed E-state index contributed by atoms with van der Waals surface area (Å²) in [5, 5.41) is 0.855. The fourth-order valence-electron chi connectivity index (χ4n) is 1.24. The summed E-state index contributed by atoms with van der Waals surface area (Å²) in [5.74, 6) is 0.800. The number of alkyl halides is 1. The molecule has 0 saturated heterocycles. The first-order chi connectivity index (χ1) is 6.79. The molecule has 14 heavy (non-hydrogen) atoms. The van der Waals surface area contributed by atoms with E-state index in [1.807, 2.05) is 12.1 Å². The van der Waals surface area contributed by atoms with Crippen LogP contribution in [0.3, 0.4) is 0 Å². The normalized spacial score (nSPS) is 9.86. The molecule has 0 fully saturated rings. The lowest BCUT2D eigenvalue weighted by molar-refractivity contribution is 0.0979. The molecule has 0 aliphatic rings. The molecule has 0 radical (unpaired) electrons. The molecule has 1 aromatic carbocycles. The van der Waals surface area contributed by atoms with Crippen LogP contribution in [0.15, 0.2) is 24.3 Å². The van der Waals surface area contributed by atoms with E-state index in [9.17, 15) is 4.79 Å². The quantitative estimate of drug-likeness (QED) is 0.598. The maximum Gasteiger partial charge on any atom is 0.166 e. The number of ether oxygens (including phenoxy) is 1. The Kier molecular flexibility index (Phi) is 4.66. The van der Waals surface area contributed by atoms with Crippen molar-refractivity contribution in [2.75, 3.05) is 12.4 Å². The van der Waals surface area contributed by atoms with Gasteiger partial charge in [-0.2, -0.15) is 0 Å². The number of rotatable bonds is 5. The molecule has 0 saturated carbocycles. The van der Waals surface area contributed by atoms with E-state index in [4.69, 9.17) is 4.74 Å². The molecule has 0 bridgehead atoms. The molecule has 0 aromatic heterocycles. The van der Waals surface area contributed by atoms with Crippen LogP contribution in [0.5, 0.6) is 5.75 Å². The van der Waals surface area contributed by atoms with Gasteiger partial charge in [-0.05, 0) is 18.6 Å². The van der Waals surface area contributed by atoms with Crippen molar-refractivity contribution in [1.29, 1.82) is 0 Å². The third kappa shape index (κ3) is 2.84. The van der Waals surface area contributed by atoms with Gasteiger partial charge in [0, 0.05) is 11.8 Å². The molecule has 0 amide bonds. The summed E-state index contributed by atoms with van der Waals surface area (Å²) >= 11 is 3.30. The van der Waals surface area contributed by atoms with Crippen LogP contribution in [0, 0.1) is 0 Å². The summed E-state index contributed by atoms with van der Waals surface area (Å²) in [5.41, 5.74) is 0.677. The number of halogens is 1. The maximum absolute atomic E-state index is 11.7. The first-order valence-electron chi connectivity index (χ1n) is 4.51. The first-order valence-corrected chi connectivity index (χ1v) is 5.64. The van der Waals surface area contributed by atoms with Gasteiger partial charge in [0.25, 0.3) is 0 Å². The van der Waals surface area contributed by atoms with Gasteiger partial charge >= 0.3 is 0 Å². The summed E-state index contributed by atoms with van der Waals surface area (Å²) in [6.45, 7) is 0. The Bertz CT molecular complexity index is 310. The molecule has 1 rings (SSSR count). The van der Waals surface area contributed by atoms with Gasteiger partial charge in [-0.25, -0.2) is 0 Å².